The Balaban J connectivity index is 1.57. The second-order valence-corrected chi connectivity index (χ2v) is 7.21. The monoisotopic (exact) mass is 346 g/mol. The van der Waals surface area contributed by atoms with Crippen LogP contribution in [-0.2, 0) is 6.42 Å². The van der Waals surface area contributed by atoms with E-state index in [1.54, 1.807) is 0 Å². The van der Waals surface area contributed by atoms with Gasteiger partial charge >= 0.3 is 0 Å². The van der Waals surface area contributed by atoms with Crippen LogP contribution in [0.5, 0.6) is 0 Å². The molecule has 130 valence electrons. The molecule has 1 aliphatic rings. The largest absolute Gasteiger partial charge is 0.357 e. The zero-order valence-electron chi connectivity index (χ0n) is 14.4. The molecule has 1 fully saturated rings. The second kappa shape index (κ2) is 8.37. The Hall–Kier alpha value is -1.76. The molecule has 24 heavy (non-hydrogen) atoms. The number of nitrogens with one attached hydrogen (secondary N) is 2. The molecule has 0 radical (unpaired) electrons. The maximum absolute atomic E-state index is 4.72. The number of aromatic nitrogens is 3. The summed E-state index contributed by atoms with van der Waals surface area (Å²) in [5, 5.41) is 16.2. The molecular weight excluding hydrogens is 320 g/mol. The van der Waals surface area contributed by atoms with Gasteiger partial charge in [0.15, 0.2) is 11.6 Å². The number of thioether (sulfide) groups is 1. The molecule has 2 unspecified atom stereocenters. The van der Waals surface area contributed by atoms with E-state index < -0.39 is 0 Å². The molecule has 3 rings (SSSR count). The quantitative estimate of drug-likeness (QED) is 0.619. The van der Waals surface area contributed by atoms with Crippen LogP contribution in [-0.4, -0.2) is 51.2 Å². The third-order valence-corrected chi connectivity index (χ3v) is 5.49. The van der Waals surface area contributed by atoms with Gasteiger partial charge in [-0.2, -0.15) is 11.8 Å². The van der Waals surface area contributed by atoms with Crippen molar-refractivity contribution >= 4 is 23.4 Å². The molecule has 2 aromatic rings. The molecular formula is C17H26N6S. The van der Waals surface area contributed by atoms with Crippen LogP contribution in [0.1, 0.15) is 32.0 Å². The van der Waals surface area contributed by atoms with Crippen molar-refractivity contribution in [3.8, 4) is 0 Å². The van der Waals surface area contributed by atoms with E-state index in [-0.39, 0.29) is 0 Å². The molecule has 1 saturated carbocycles. The predicted molar refractivity (Wildman–Crippen MR) is 101 cm³/mol. The molecule has 2 aromatic heterocycles. The Kier molecular flexibility index (Phi) is 5.96. The van der Waals surface area contributed by atoms with Crippen LogP contribution in [0.4, 0.5) is 0 Å². The van der Waals surface area contributed by atoms with Crippen LogP contribution in [0.15, 0.2) is 29.4 Å². The fourth-order valence-electron chi connectivity index (χ4n) is 3.13. The van der Waals surface area contributed by atoms with E-state index >= 15 is 0 Å². The summed E-state index contributed by atoms with van der Waals surface area (Å²) in [4.78, 5) is 4.72. The molecule has 0 aromatic carbocycles. The number of fused-ring (bicyclic) bond motifs is 1. The van der Waals surface area contributed by atoms with Gasteiger partial charge in [-0.15, -0.1) is 10.2 Å². The van der Waals surface area contributed by atoms with Crippen LogP contribution >= 0.6 is 11.8 Å². The number of rotatable bonds is 6. The van der Waals surface area contributed by atoms with Crippen molar-refractivity contribution in [2.75, 3.05) is 19.3 Å². The molecule has 2 heterocycles. The Bertz CT molecular complexity index is 683. The summed E-state index contributed by atoms with van der Waals surface area (Å²) in [5.74, 6) is 1.87. The van der Waals surface area contributed by atoms with Crippen molar-refractivity contribution in [1.29, 1.82) is 0 Å². The summed E-state index contributed by atoms with van der Waals surface area (Å²) in [6.45, 7) is 3.67. The SMILES string of the molecule is CCNC(=NCCc1nnc2ccccn12)NC1CCC(SC)C1. The van der Waals surface area contributed by atoms with Crippen LogP contribution < -0.4 is 10.6 Å². The van der Waals surface area contributed by atoms with E-state index in [4.69, 9.17) is 4.99 Å². The highest BCUT2D eigenvalue weighted by molar-refractivity contribution is 7.99. The third-order valence-electron chi connectivity index (χ3n) is 4.39. The molecule has 2 N–H and O–H groups in total. The first-order chi connectivity index (χ1) is 11.8. The number of nitrogens with zero attached hydrogens (tertiary/aromatic N) is 4. The maximum Gasteiger partial charge on any atom is 0.191 e. The Morgan fingerprint density at radius 2 is 2.29 bits per heavy atom. The molecule has 0 aliphatic heterocycles. The fourth-order valence-corrected chi connectivity index (χ4v) is 3.92. The van der Waals surface area contributed by atoms with Crippen LogP contribution in [0, 0.1) is 0 Å². The van der Waals surface area contributed by atoms with Crippen LogP contribution in [0.2, 0.25) is 0 Å². The van der Waals surface area contributed by atoms with E-state index in [9.17, 15) is 0 Å². The van der Waals surface area contributed by atoms with Crippen molar-refractivity contribution in [1.82, 2.24) is 25.2 Å². The molecule has 0 bridgehead atoms. The van der Waals surface area contributed by atoms with Gasteiger partial charge in [0.2, 0.25) is 0 Å². The van der Waals surface area contributed by atoms with Gasteiger partial charge in [-0.1, -0.05) is 6.07 Å². The van der Waals surface area contributed by atoms with E-state index in [2.05, 4.69) is 34.0 Å². The van der Waals surface area contributed by atoms with Gasteiger partial charge in [0, 0.05) is 37.0 Å². The van der Waals surface area contributed by atoms with E-state index in [1.165, 1.54) is 19.3 Å². The number of hydrogen-bond donors (Lipinski definition) is 2. The minimum Gasteiger partial charge on any atom is -0.357 e. The molecule has 6 nitrogen and oxygen atoms in total. The highest BCUT2D eigenvalue weighted by Gasteiger charge is 2.24. The summed E-state index contributed by atoms with van der Waals surface area (Å²) >= 11 is 1.98. The Morgan fingerprint density at radius 3 is 3.08 bits per heavy atom. The van der Waals surface area contributed by atoms with E-state index in [0.717, 1.165) is 35.6 Å². The summed E-state index contributed by atoms with van der Waals surface area (Å²) in [6.07, 6.45) is 8.73. The van der Waals surface area contributed by atoms with E-state index in [0.29, 0.717) is 12.6 Å². The van der Waals surface area contributed by atoms with Crippen molar-refractivity contribution in [2.45, 2.75) is 43.9 Å². The lowest BCUT2D eigenvalue weighted by molar-refractivity contribution is 0.614. The number of aliphatic imine (C=N–C) groups is 1. The van der Waals surface area contributed by atoms with Gasteiger partial charge in [-0.3, -0.25) is 9.39 Å². The lowest BCUT2D eigenvalue weighted by Gasteiger charge is -2.17. The van der Waals surface area contributed by atoms with E-state index in [1.807, 2.05) is 40.6 Å². The average Bonchev–Trinajstić information content (AvgIpc) is 3.22. The van der Waals surface area contributed by atoms with Gasteiger partial charge in [-0.05, 0) is 44.6 Å². The smallest absolute Gasteiger partial charge is 0.191 e. The standard InChI is InChI=1S/C17H26N6S/c1-3-18-17(20-13-7-8-14(12-13)24-2)19-10-9-16-22-21-15-6-4-5-11-23(15)16/h4-6,11,13-14H,3,7-10,12H2,1-2H3,(H2,18,19,20). The number of pyridine rings is 1. The van der Waals surface area contributed by atoms with Crippen molar-refractivity contribution < 1.29 is 0 Å². The molecule has 1 aliphatic carbocycles. The average molecular weight is 347 g/mol. The highest BCUT2D eigenvalue weighted by atomic mass is 32.2. The first-order valence-corrected chi connectivity index (χ1v) is 9.95. The van der Waals surface area contributed by atoms with Crippen molar-refractivity contribution in [2.24, 2.45) is 4.99 Å². The molecule has 2 atom stereocenters. The van der Waals surface area contributed by atoms with Crippen LogP contribution in [0.3, 0.4) is 0 Å². The summed E-state index contributed by atoms with van der Waals surface area (Å²) < 4.78 is 2.02. The Labute approximate surface area is 147 Å². The number of guanidine groups is 1. The molecule has 0 spiro atoms. The van der Waals surface area contributed by atoms with Crippen molar-refractivity contribution in [3.05, 3.63) is 30.2 Å². The zero-order valence-corrected chi connectivity index (χ0v) is 15.2. The molecule has 0 saturated heterocycles. The topological polar surface area (TPSA) is 66.6 Å². The maximum atomic E-state index is 4.72. The second-order valence-electron chi connectivity index (χ2n) is 6.07. The summed E-state index contributed by atoms with van der Waals surface area (Å²) in [5.41, 5.74) is 0.885. The first-order valence-electron chi connectivity index (χ1n) is 8.66. The minimum atomic E-state index is 0.536. The summed E-state index contributed by atoms with van der Waals surface area (Å²) in [6, 6.07) is 6.47. The summed E-state index contributed by atoms with van der Waals surface area (Å²) in [7, 11) is 0. The highest BCUT2D eigenvalue weighted by Crippen LogP contribution is 2.27. The van der Waals surface area contributed by atoms with Crippen molar-refractivity contribution in [3.63, 3.8) is 0 Å². The van der Waals surface area contributed by atoms with Gasteiger partial charge in [0.1, 0.15) is 5.82 Å². The predicted octanol–water partition coefficient (Wildman–Crippen LogP) is 2.11. The Morgan fingerprint density at radius 1 is 1.38 bits per heavy atom. The van der Waals surface area contributed by atoms with Gasteiger partial charge in [-0.25, -0.2) is 0 Å². The third kappa shape index (κ3) is 4.20. The normalized spacial score (nSPS) is 21.3. The van der Waals surface area contributed by atoms with Crippen LogP contribution in [0.25, 0.3) is 5.65 Å². The first kappa shape index (κ1) is 17.1. The molecule has 7 heteroatoms. The van der Waals surface area contributed by atoms with Gasteiger partial charge in [0.25, 0.3) is 0 Å². The lowest BCUT2D eigenvalue weighted by atomic mass is 10.2. The molecule has 0 amide bonds. The van der Waals surface area contributed by atoms with Gasteiger partial charge < -0.3 is 10.6 Å². The van der Waals surface area contributed by atoms with Gasteiger partial charge in [0.05, 0.1) is 0 Å². The zero-order chi connectivity index (χ0) is 16.8. The number of hydrogen-bond acceptors (Lipinski definition) is 4. The minimum absolute atomic E-state index is 0.536. The fraction of sp³-hybridized carbons (Fsp3) is 0.588. The lowest BCUT2D eigenvalue weighted by Crippen LogP contribution is -2.42.